The molecule has 184 valence electrons. The molecule has 3 N–H and O–H groups in total. The molecule has 2 aliphatic rings. The number of fused-ring (bicyclic) bond motifs is 1. The van der Waals surface area contributed by atoms with Gasteiger partial charge in [-0.25, -0.2) is 4.39 Å². The van der Waals surface area contributed by atoms with E-state index < -0.39 is 18.2 Å². The zero-order valence-corrected chi connectivity index (χ0v) is 18.6. The van der Waals surface area contributed by atoms with E-state index in [1.165, 1.54) is 31.4 Å². The number of alkyl halides is 3. The highest BCUT2D eigenvalue weighted by Gasteiger charge is 2.37. The van der Waals surface area contributed by atoms with Gasteiger partial charge < -0.3 is 25.3 Å². The minimum atomic E-state index is -4.86. The maximum Gasteiger partial charge on any atom is 0.521 e. The summed E-state index contributed by atoms with van der Waals surface area (Å²) in [7, 11) is 1.42. The van der Waals surface area contributed by atoms with E-state index in [9.17, 15) is 17.6 Å². The Kier molecular flexibility index (Phi) is 6.80. The van der Waals surface area contributed by atoms with Gasteiger partial charge in [-0.05, 0) is 13.0 Å². The van der Waals surface area contributed by atoms with E-state index in [2.05, 4.69) is 20.4 Å². The molecule has 2 heterocycles. The van der Waals surface area contributed by atoms with E-state index in [0.717, 1.165) is 0 Å². The van der Waals surface area contributed by atoms with Crippen LogP contribution in [0.15, 0.2) is 40.6 Å². The molecule has 0 radical (unpaired) electrons. The number of ether oxygens (including phenoxy) is 3. The second-order valence-corrected chi connectivity index (χ2v) is 8.14. The van der Waals surface area contributed by atoms with Crippen molar-refractivity contribution < 1.29 is 31.8 Å². The predicted molar refractivity (Wildman–Crippen MR) is 117 cm³/mol. The van der Waals surface area contributed by atoms with Crippen molar-refractivity contribution in [2.75, 3.05) is 44.5 Å². The van der Waals surface area contributed by atoms with Gasteiger partial charge in [-0.15, -0.1) is 18.3 Å². The standard InChI is InChI=1S/C22H25F4N5O3/c1-12-10-31(5-6-33-12)18-11-34-19-7-13(23)3-4-15(19)20(18)28-17-9-14(32-2)8-16(27)21(17)29-30-22(24,25)26/h3-4,7-9,12,18,20,28H,5-6,10-11,27H2,1-2H3. The number of hydrogen-bond donors (Lipinski definition) is 2. The highest BCUT2D eigenvalue weighted by molar-refractivity contribution is 5.80. The van der Waals surface area contributed by atoms with Crippen molar-refractivity contribution in [2.24, 2.45) is 10.2 Å². The smallest absolute Gasteiger partial charge is 0.497 e. The molecule has 2 aromatic rings. The lowest BCUT2D eigenvalue weighted by atomic mass is 9.93. The van der Waals surface area contributed by atoms with E-state index in [1.54, 1.807) is 6.07 Å². The molecule has 3 unspecified atom stereocenters. The van der Waals surface area contributed by atoms with E-state index in [-0.39, 0.29) is 35.8 Å². The number of nitrogen functional groups attached to an aromatic ring is 1. The topological polar surface area (TPSA) is 93.7 Å². The van der Waals surface area contributed by atoms with Crippen molar-refractivity contribution in [3.63, 3.8) is 0 Å². The molecule has 0 aromatic heterocycles. The lowest BCUT2D eigenvalue weighted by Crippen LogP contribution is -2.54. The Morgan fingerprint density at radius 1 is 1.24 bits per heavy atom. The lowest BCUT2D eigenvalue weighted by molar-refractivity contribution is -0.125. The molecule has 34 heavy (non-hydrogen) atoms. The molecule has 12 heteroatoms. The third kappa shape index (κ3) is 5.33. The second kappa shape index (κ2) is 9.63. The number of nitrogens with two attached hydrogens (primary N) is 1. The van der Waals surface area contributed by atoms with Crippen LogP contribution in [-0.2, 0) is 4.74 Å². The highest BCUT2D eigenvalue weighted by Crippen LogP contribution is 2.43. The Hall–Kier alpha value is -3.12. The van der Waals surface area contributed by atoms with Crippen LogP contribution in [0.1, 0.15) is 18.5 Å². The number of anilines is 2. The summed E-state index contributed by atoms with van der Waals surface area (Å²) in [5, 5.41) is 9.08. The summed E-state index contributed by atoms with van der Waals surface area (Å²) in [4.78, 5) is 2.18. The van der Waals surface area contributed by atoms with Crippen molar-refractivity contribution in [3.8, 4) is 11.5 Å². The maximum atomic E-state index is 13.9. The van der Waals surface area contributed by atoms with Gasteiger partial charge in [0.2, 0.25) is 0 Å². The number of hydrogen-bond acceptors (Lipinski definition) is 8. The van der Waals surface area contributed by atoms with Crippen molar-refractivity contribution in [1.29, 1.82) is 0 Å². The normalized spacial score (nSPS) is 23.4. The zero-order valence-electron chi connectivity index (χ0n) is 18.6. The van der Waals surface area contributed by atoms with Gasteiger partial charge in [0.25, 0.3) is 0 Å². The van der Waals surface area contributed by atoms with Gasteiger partial charge in [-0.1, -0.05) is 11.2 Å². The molecule has 4 rings (SSSR count). The monoisotopic (exact) mass is 483 g/mol. The van der Waals surface area contributed by atoms with Crippen LogP contribution in [-0.4, -0.2) is 56.8 Å². The van der Waals surface area contributed by atoms with Gasteiger partial charge in [0.05, 0.1) is 43.3 Å². The summed E-state index contributed by atoms with van der Waals surface area (Å²) in [5.74, 6) is 0.222. The quantitative estimate of drug-likeness (QED) is 0.278. The van der Waals surface area contributed by atoms with Gasteiger partial charge in [0.15, 0.2) is 0 Å². The molecule has 3 atom stereocenters. The van der Waals surface area contributed by atoms with Crippen LogP contribution in [0, 0.1) is 5.82 Å². The molecular weight excluding hydrogens is 458 g/mol. The summed E-state index contributed by atoms with van der Waals surface area (Å²) in [6.45, 7) is 3.98. The highest BCUT2D eigenvalue weighted by atomic mass is 19.4. The summed E-state index contributed by atoms with van der Waals surface area (Å²) in [6, 6.07) is 6.34. The fourth-order valence-electron chi connectivity index (χ4n) is 4.25. The fourth-order valence-corrected chi connectivity index (χ4v) is 4.25. The Morgan fingerprint density at radius 2 is 2.03 bits per heavy atom. The summed E-state index contributed by atoms with van der Waals surface area (Å²) in [5.41, 5.74) is 6.62. The first kappa shape index (κ1) is 24.0. The molecule has 1 saturated heterocycles. The molecular formula is C22H25F4N5O3. The van der Waals surface area contributed by atoms with Gasteiger partial charge >= 0.3 is 6.30 Å². The van der Waals surface area contributed by atoms with Crippen LogP contribution in [0.3, 0.4) is 0 Å². The van der Waals surface area contributed by atoms with Gasteiger partial charge in [-0.2, -0.15) is 0 Å². The number of benzene rings is 2. The van der Waals surface area contributed by atoms with Crippen molar-refractivity contribution in [2.45, 2.75) is 31.4 Å². The number of rotatable bonds is 5. The zero-order chi connectivity index (χ0) is 24.5. The predicted octanol–water partition coefficient (Wildman–Crippen LogP) is 4.65. The second-order valence-electron chi connectivity index (χ2n) is 8.14. The molecule has 0 saturated carbocycles. The van der Waals surface area contributed by atoms with Crippen LogP contribution in [0.2, 0.25) is 0 Å². The minimum Gasteiger partial charge on any atom is -0.497 e. The fraction of sp³-hybridized carbons (Fsp3) is 0.455. The Labute approximate surface area is 193 Å². The lowest BCUT2D eigenvalue weighted by Gasteiger charge is -2.44. The number of nitrogens with one attached hydrogen (secondary N) is 1. The largest absolute Gasteiger partial charge is 0.521 e. The van der Waals surface area contributed by atoms with Crippen LogP contribution < -0.4 is 20.5 Å². The summed E-state index contributed by atoms with van der Waals surface area (Å²) in [6.07, 6.45) is -4.87. The Morgan fingerprint density at radius 3 is 2.74 bits per heavy atom. The number of morpholine rings is 1. The van der Waals surface area contributed by atoms with Gasteiger partial charge in [0, 0.05) is 36.9 Å². The van der Waals surface area contributed by atoms with Crippen molar-refractivity contribution >= 4 is 17.1 Å². The number of azo groups is 1. The Balaban J connectivity index is 1.77. The average molecular weight is 483 g/mol. The van der Waals surface area contributed by atoms with Crippen LogP contribution in [0.4, 0.5) is 34.6 Å². The molecule has 2 aromatic carbocycles. The third-order valence-electron chi connectivity index (χ3n) is 5.77. The number of halogens is 4. The van der Waals surface area contributed by atoms with Crippen LogP contribution in [0.5, 0.6) is 11.5 Å². The maximum absolute atomic E-state index is 13.9. The molecule has 8 nitrogen and oxygen atoms in total. The van der Waals surface area contributed by atoms with Gasteiger partial charge in [-0.3, -0.25) is 4.90 Å². The van der Waals surface area contributed by atoms with E-state index in [4.69, 9.17) is 19.9 Å². The van der Waals surface area contributed by atoms with Crippen molar-refractivity contribution in [3.05, 3.63) is 41.7 Å². The molecule has 0 bridgehead atoms. The molecule has 0 aliphatic carbocycles. The number of methoxy groups -OCH3 is 1. The SMILES string of the molecule is COc1cc(N)c(N=NC(F)(F)F)c(NC2c3ccc(F)cc3OCC2N2CCOC(C)C2)c1. The van der Waals surface area contributed by atoms with Crippen LogP contribution >= 0.6 is 0 Å². The molecule has 2 aliphatic heterocycles. The minimum absolute atomic E-state index is 0.00683. The van der Waals surface area contributed by atoms with E-state index >= 15 is 0 Å². The first-order valence-electron chi connectivity index (χ1n) is 10.7. The first-order valence-corrected chi connectivity index (χ1v) is 10.7. The average Bonchev–Trinajstić information content (AvgIpc) is 2.77. The van der Waals surface area contributed by atoms with Gasteiger partial charge in [0.1, 0.15) is 29.6 Å². The molecule has 0 spiro atoms. The Bertz CT molecular complexity index is 1070. The van der Waals surface area contributed by atoms with E-state index in [1.807, 2.05) is 6.92 Å². The summed E-state index contributed by atoms with van der Waals surface area (Å²) < 4.78 is 69.0. The van der Waals surface area contributed by atoms with E-state index in [0.29, 0.717) is 36.8 Å². The summed E-state index contributed by atoms with van der Waals surface area (Å²) >= 11 is 0. The molecule has 0 amide bonds. The third-order valence-corrected chi connectivity index (χ3v) is 5.77. The number of nitrogens with zero attached hydrogens (tertiary/aromatic N) is 3. The first-order chi connectivity index (χ1) is 16.1. The van der Waals surface area contributed by atoms with Crippen LogP contribution in [0.25, 0.3) is 0 Å². The van der Waals surface area contributed by atoms with Crippen molar-refractivity contribution in [1.82, 2.24) is 4.90 Å². The molecule has 1 fully saturated rings.